The molecule has 0 saturated heterocycles. The van der Waals surface area contributed by atoms with Gasteiger partial charge in [-0.2, -0.15) is 17.5 Å². The van der Waals surface area contributed by atoms with Crippen LogP contribution in [0, 0.1) is 0 Å². The molecule has 0 fully saturated rings. The molecule has 0 radical (unpaired) electrons. The lowest BCUT2D eigenvalue weighted by molar-refractivity contribution is -0.140. The van der Waals surface area contributed by atoms with E-state index < -0.39 is 18.3 Å². The van der Waals surface area contributed by atoms with Gasteiger partial charge in [-0.1, -0.05) is 30.3 Å². The molecular weight excluding hydrogens is 279 g/mol. The minimum atomic E-state index is -4.54. The van der Waals surface area contributed by atoms with Gasteiger partial charge in [0.25, 0.3) is 6.47 Å². The molecule has 1 aromatic carbocycles. The molecule has 2 rings (SSSR count). The quantitative estimate of drug-likeness (QED) is 0.808. The van der Waals surface area contributed by atoms with E-state index in [1.165, 1.54) is 0 Å². The van der Waals surface area contributed by atoms with Crippen LogP contribution in [0.4, 0.5) is 13.2 Å². The van der Waals surface area contributed by atoms with Gasteiger partial charge in [0.05, 0.1) is 4.88 Å². The normalized spacial score (nSPS) is 11.3. The Bertz CT molecular complexity index is 566. The molecule has 7 heteroatoms. The van der Waals surface area contributed by atoms with Gasteiger partial charge >= 0.3 is 6.18 Å². The van der Waals surface area contributed by atoms with Gasteiger partial charge in [0.15, 0.2) is 0 Å². The Kier molecular flexibility index (Phi) is 3.84. The third kappa shape index (κ3) is 2.93. The lowest BCUT2D eigenvalue weighted by Crippen LogP contribution is -2.09. The number of carbonyl (C=O) groups is 1. The van der Waals surface area contributed by atoms with Gasteiger partial charge in [0, 0.05) is 0 Å². The highest BCUT2D eigenvalue weighted by molar-refractivity contribution is 7.09. The van der Waals surface area contributed by atoms with Gasteiger partial charge in [0.2, 0.25) is 0 Å². The molecule has 0 N–H and O–H groups in total. The number of benzene rings is 1. The zero-order valence-electron chi connectivity index (χ0n) is 9.48. The van der Waals surface area contributed by atoms with Gasteiger partial charge in [-0.25, -0.2) is 0 Å². The number of halogens is 3. The molecule has 0 spiro atoms. The Balaban J connectivity index is 2.50. The molecule has 2 aromatic rings. The van der Waals surface area contributed by atoms with Crippen LogP contribution in [0.15, 0.2) is 30.3 Å². The van der Waals surface area contributed by atoms with Crippen molar-refractivity contribution < 1.29 is 22.7 Å². The smallest absolute Gasteiger partial charge is 0.419 e. The van der Waals surface area contributed by atoms with Crippen molar-refractivity contribution in [3.63, 3.8) is 0 Å². The molecule has 0 unspecified atom stereocenters. The van der Waals surface area contributed by atoms with Crippen LogP contribution in [0.25, 0.3) is 10.4 Å². The van der Waals surface area contributed by atoms with Gasteiger partial charge in [-0.15, -0.1) is 0 Å². The highest BCUT2D eigenvalue weighted by Crippen LogP contribution is 2.41. The molecule has 100 valence electrons. The van der Waals surface area contributed by atoms with E-state index in [0.29, 0.717) is 5.56 Å². The minimum absolute atomic E-state index is 0.0256. The summed E-state index contributed by atoms with van der Waals surface area (Å²) < 4.78 is 47.3. The van der Waals surface area contributed by atoms with E-state index in [1.54, 1.807) is 30.3 Å². The summed E-state index contributed by atoms with van der Waals surface area (Å²) in [6, 6.07) is 8.17. The predicted molar refractivity (Wildman–Crippen MR) is 63.4 cm³/mol. The van der Waals surface area contributed by atoms with Crippen molar-refractivity contribution in [1.82, 2.24) is 4.37 Å². The zero-order chi connectivity index (χ0) is 13.9. The molecule has 19 heavy (non-hydrogen) atoms. The average molecular weight is 287 g/mol. The van der Waals surface area contributed by atoms with Crippen LogP contribution < -0.4 is 0 Å². The van der Waals surface area contributed by atoms with Crippen LogP contribution in [0.1, 0.15) is 11.3 Å². The van der Waals surface area contributed by atoms with Crippen LogP contribution in [0.3, 0.4) is 0 Å². The summed E-state index contributed by atoms with van der Waals surface area (Å²) in [7, 11) is 0. The maximum absolute atomic E-state index is 13.1. The average Bonchev–Trinajstić information content (AvgIpc) is 2.81. The number of alkyl halides is 3. The fraction of sp³-hybridized carbons (Fsp3) is 0.167. The number of hydrogen-bond acceptors (Lipinski definition) is 4. The Hall–Kier alpha value is -1.89. The van der Waals surface area contributed by atoms with E-state index >= 15 is 0 Å². The van der Waals surface area contributed by atoms with Crippen molar-refractivity contribution in [3.05, 3.63) is 41.6 Å². The first-order chi connectivity index (χ1) is 9.04. The molecule has 0 aliphatic carbocycles. The van der Waals surface area contributed by atoms with E-state index in [4.69, 9.17) is 0 Å². The third-order valence-corrected chi connectivity index (χ3v) is 3.30. The molecule has 0 atom stereocenters. The SMILES string of the molecule is O=COCc1nsc(-c2ccccc2)c1C(F)(F)F. The van der Waals surface area contributed by atoms with Crippen molar-refractivity contribution in [2.45, 2.75) is 12.8 Å². The number of aromatic nitrogens is 1. The monoisotopic (exact) mass is 287 g/mol. The van der Waals surface area contributed by atoms with Gasteiger partial charge < -0.3 is 4.74 Å². The Morgan fingerprint density at radius 2 is 1.95 bits per heavy atom. The molecule has 0 saturated carbocycles. The predicted octanol–water partition coefficient (Wildman–Crippen LogP) is 3.50. The largest absolute Gasteiger partial charge is 0.461 e. The molecule has 0 amide bonds. The fourth-order valence-electron chi connectivity index (χ4n) is 1.61. The summed E-state index contributed by atoms with van der Waals surface area (Å²) in [4.78, 5) is 10.1. The Morgan fingerprint density at radius 3 is 2.53 bits per heavy atom. The van der Waals surface area contributed by atoms with Crippen LogP contribution >= 0.6 is 11.5 Å². The van der Waals surface area contributed by atoms with Crippen LogP contribution in [0.5, 0.6) is 0 Å². The number of nitrogens with zero attached hydrogens (tertiary/aromatic N) is 1. The van der Waals surface area contributed by atoms with E-state index in [2.05, 4.69) is 9.11 Å². The minimum Gasteiger partial charge on any atom is -0.461 e. The van der Waals surface area contributed by atoms with Crippen LogP contribution in [-0.4, -0.2) is 10.8 Å². The van der Waals surface area contributed by atoms with Crippen LogP contribution in [0.2, 0.25) is 0 Å². The molecular formula is C12H8F3NO2S. The van der Waals surface area contributed by atoms with E-state index in [0.717, 1.165) is 11.5 Å². The second-order valence-corrected chi connectivity index (χ2v) is 4.38. The summed E-state index contributed by atoms with van der Waals surface area (Å²) in [5.41, 5.74) is -0.682. The van der Waals surface area contributed by atoms with E-state index in [9.17, 15) is 18.0 Å². The van der Waals surface area contributed by atoms with Gasteiger partial charge in [-0.05, 0) is 17.1 Å². The fourth-order valence-corrected chi connectivity index (χ4v) is 2.53. The molecule has 0 aliphatic heterocycles. The van der Waals surface area contributed by atoms with E-state index in [1.807, 2.05) is 0 Å². The first-order valence-corrected chi connectivity index (χ1v) is 5.97. The standard InChI is InChI=1S/C12H8F3NO2S/c13-12(14,15)10-9(6-18-7-17)16-19-11(10)8-4-2-1-3-5-8/h1-5,7H,6H2. The van der Waals surface area contributed by atoms with Crippen molar-refractivity contribution in [2.24, 2.45) is 0 Å². The molecule has 1 heterocycles. The van der Waals surface area contributed by atoms with Crippen molar-refractivity contribution in [2.75, 3.05) is 0 Å². The maximum atomic E-state index is 13.1. The molecule has 0 aliphatic rings. The summed E-state index contributed by atoms with van der Waals surface area (Å²) >= 11 is 0.741. The molecule has 3 nitrogen and oxygen atoms in total. The van der Waals surface area contributed by atoms with Crippen molar-refractivity contribution in [1.29, 1.82) is 0 Å². The molecule has 0 bridgehead atoms. The first kappa shape index (κ1) is 13.5. The van der Waals surface area contributed by atoms with Gasteiger partial charge in [0.1, 0.15) is 17.9 Å². The topological polar surface area (TPSA) is 39.2 Å². The summed E-state index contributed by atoms with van der Waals surface area (Å²) in [6.07, 6.45) is -4.54. The second kappa shape index (κ2) is 5.40. The number of hydrogen-bond donors (Lipinski definition) is 0. The summed E-state index contributed by atoms with van der Waals surface area (Å²) in [5.74, 6) is 0. The maximum Gasteiger partial charge on any atom is 0.419 e. The first-order valence-electron chi connectivity index (χ1n) is 5.20. The number of rotatable bonds is 4. The Morgan fingerprint density at radius 1 is 1.26 bits per heavy atom. The Labute approximate surface area is 110 Å². The lowest BCUT2D eigenvalue weighted by atomic mass is 10.1. The van der Waals surface area contributed by atoms with Crippen LogP contribution in [-0.2, 0) is 22.3 Å². The van der Waals surface area contributed by atoms with E-state index in [-0.39, 0.29) is 17.0 Å². The number of carbonyl (C=O) groups excluding carboxylic acids is 1. The highest BCUT2D eigenvalue weighted by Gasteiger charge is 2.39. The molecule has 1 aromatic heterocycles. The van der Waals surface area contributed by atoms with Gasteiger partial charge in [-0.3, -0.25) is 4.79 Å². The highest BCUT2D eigenvalue weighted by atomic mass is 32.1. The number of ether oxygens (including phenoxy) is 1. The van der Waals surface area contributed by atoms with Crippen molar-refractivity contribution in [3.8, 4) is 10.4 Å². The second-order valence-electron chi connectivity index (χ2n) is 3.60. The lowest BCUT2D eigenvalue weighted by Gasteiger charge is -2.09. The third-order valence-electron chi connectivity index (χ3n) is 2.37. The van der Waals surface area contributed by atoms with Crippen molar-refractivity contribution >= 4 is 18.0 Å². The summed E-state index contributed by atoms with van der Waals surface area (Å²) in [6.45, 7) is -0.386. The zero-order valence-corrected chi connectivity index (χ0v) is 10.3. The summed E-state index contributed by atoms with van der Waals surface area (Å²) in [5, 5.41) is 0.